The number of aliphatic hydroxyl groups excluding tert-OH is 2. The van der Waals surface area contributed by atoms with Crippen LogP contribution in [0.15, 0.2) is 0 Å². The lowest BCUT2D eigenvalue weighted by Gasteiger charge is -2.33. The van der Waals surface area contributed by atoms with Gasteiger partial charge < -0.3 is 14.9 Å². The van der Waals surface area contributed by atoms with Crippen molar-refractivity contribution in [3.63, 3.8) is 0 Å². The standard InChI is InChI=1S/C14H30O3/c1-5-13(6-2,9-15)11-17-12-14(7-3,8-4)10-16/h15-16H,5-12H2,1-4H3. The topological polar surface area (TPSA) is 49.7 Å². The van der Waals surface area contributed by atoms with Gasteiger partial charge in [0.2, 0.25) is 0 Å². The Labute approximate surface area is 106 Å². The zero-order valence-corrected chi connectivity index (χ0v) is 12.0. The zero-order valence-electron chi connectivity index (χ0n) is 12.0. The Morgan fingerprint density at radius 3 is 1.18 bits per heavy atom. The quantitative estimate of drug-likeness (QED) is 0.623. The molecule has 0 saturated carbocycles. The van der Waals surface area contributed by atoms with Gasteiger partial charge in [0.05, 0.1) is 26.4 Å². The van der Waals surface area contributed by atoms with Crippen LogP contribution in [0.2, 0.25) is 0 Å². The van der Waals surface area contributed by atoms with Gasteiger partial charge in [0, 0.05) is 10.8 Å². The van der Waals surface area contributed by atoms with Gasteiger partial charge in [-0.15, -0.1) is 0 Å². The predicted octanol–water partition coefficient (Wildman–Crippen LogP) is 2.60. The highest BCUT2D eigenvalue weighted by atomic mass is 16.5. The van der Waals surface area contributed by atoms with Crippen LogP contribution in [-0.4, -0.2) is 36.6 Å². The van der Waals surface area contributed by atoms with Gasteiger partial charge in [-0.25, -0.2) is 0 Å². The van der Waals surface area contributed by atoms with Crippen molar-refractivity contribution in [3.8, 4) is 0 Å². The number of ether oxygens (including phenoxy) is 1. The summed E-state index contributed by atoms with van der Waals surface area (Å²) in [6, 6.07) is 0. The SMILES string of the molecule is CCC(CC)(CO)COCC(CC)(CC)CO. The zero-order chi connectivity index (χ0) is 13.4. The van der Waals surface area contributed by atoms with E-state index in [0.717, 1.165) is 25.7 Å². The van der Waals surface area contributed by atoms with Crippen molar-refractivity contribution >= 4 is 0 Å². The summed E-state index contributed by atoms with van der Waals surface area (Å²) in [5.41, 5.74) is -0.217. The van der Waals surface area contributed by atoms with E-state index in [1.165, 1.54) is 0 Å². The summed E-state index contributed by atoms with van der Waals surface area (Å²) in [5, 5.41) is 18.9. The average molecular weight is 246 g/mol. The fourth-order valence-electron chi connectivity index (χ4n) is 1.93. The van der Waals surface area contributed by atoms with E-state index in [-0.39, 0.29) is 24.0 Å². The molecule has 3 nitrogen and oxygen atoms in total. The van der Waals surface area contributed by atoms with Crippen LogP contribution in [0.4, 0.5) is 0 Å². The summed E-state index contributed by atoms with van der Waals surface area (Å²) in [5.74, 6) is 0. The molecule has 0 heterocycles. The summed E-state index contributed by atoms with van der Waals surface area (Å²) in [6.45, 7) is 9.85. The van der Waals surface area contributed by atoms with Crippen molar-refractivity contribution in [3.05, 3.63) is 0 Å². The van der Waals surface area contributed by atoms with E-state index < -0.39 is 0 Å². The van der Waals surface area contributed by atoms with E-state index in [1.807, 2.05) is 0 Å². The molecule has 0 fully saturated rings. The monoisotopic (exact) mass is 246 g/mol. The van der Waals surface area contributed by atoms with E-state index in [2.05, 4.69) is 27.7 Å². The first kappa shape index (κ1) is 16.9. The molecule has 0 atom stereocenters. The van der Waals surface area contributed by atoms with Crippen LogP contribution in [0.1, 0.15) is 53.4 Å². The van der Waals surface area contributed by atoms with Gasteiger partial charge in [0.25, 0.3) is 0 Å². The number of hydrogen-bond donors (Lipinski definition) is 2. The lowest BCUT2D eigenvalue weighted by molar-refractivity contribution is -0.0502. The Hall–Kier alpha value is -0.120. The third-order valence-electron chi connectivity index (χ3n) is 4.49. The first-order valence-electron chi connectivity index (χ1n) is 6.87. The van der Waals surface area contributed by atoms with Crippen molar-refractivity contribution in [2.24, 2.45) is 10.8 Å². The van der Waals surface area contributed by atoms with E-state index in [4.69, 9.17) is 4.74 Å². The molecule has 0 unspecified atom stereocenters. The Kier molecular flexibility index (Phi) is 8.01. The first-order chi connectivity index (χ1) is 8.07. The van der Waals surface area contributed by atoms with Crippen LogP contribution in [0.25, 0.3) is 0 Å². The van der Waals surface area contributed by atoms with Gasteiger partial charge in [0.1, 0.15) is 0 Å². The lowest BCUT2D eigenvalue weighted by atomic mass is 9.83. The molecule has 0 aliphatic carbocycles. The van der Waals surface area contributed by atoms with Gasteiger partial charge >= 0.3 is 0 Å². The van der Waals surface area contributed by atoms with Gasteiger partial charge in [0.15, 0.2) is 0 Å². The molecule has 0 saturated heterocycles. The maximum Gasteiger partial charge on any atom is 0.0544 e. The highest BCUT2D eigenvalue weighted by Crippen LogP contribution is 2.29. The molecule has 3 heteroatoms. The van der Waals surface area contributed by atoms with Gasteiger partial charge in [-0.05, 0) is 25.7 Å². The summed E-state index contributed by atoms with van der Waals surface area (Å²) in [6.07, 6.45) is 3.68. The summed E-state index contributed by atoms with van der Waals surface area (Å²) in [4.78, 5) is 0. The molecule has 0 amide bonds. The van der Waals surface area contributed by atoms with Crippen molar-refractivity contribution in [1.29, 1.82) is 0 Å². The lowest BCUT2D eigenvalue weighted by Crippen LogP contribution is -2.35. The highest BCUT2D eigenvalue weighted by molar-refractivity contribution is 4.78. The van der Waals surface area contributed by atoms with Crippen molar-refractivity contribution in [2.45, 2.75) is 53.4 Å². The number of rotatable bonds is 10. The molecule has 0 aliphatic heterocycles. The van der Waals surface area contributed by atoms with E-state index in [1.54, 1.807) is 0 Å². The average Bonchev–Trinajstić information content (AvgIpc) is 2.41. The third kappa shape index (κ3) is 4.57. The van der Waals surface area contributed by atoms with Gasteiger partial charge in [-0.2, -0.15) is 0 Å². The molecule has 0 aromatic heterocycles. The fraction of sp³-hybridized carbons (Fsp3) is 1.00. The van der Waals surface area contributed by atoms with Crippen LogP contribution in [0.3, 0.4) is 0 Å². The molecule has 0 radical (unpaired) electrons. The van der Waals surface area contributed by atoms with Crippen molar-refractivity contribution in [2.75, 3.05) is 26.4 Å². The maximum absolute atomic E-state index is 9.45. The number of hydrogen-bond acceptors (Lipinski definition) is 3. The minimum atomic E-state index is -0.108. The predicted molar refractivity (Wildman–Crippen MR) is 71.0 cm³/mol. The van der Waals surface area contributed by atoms with E-state index in [0.29, 0.717) is 13.2 Å². The maximum atomic E-state index is 9.45. The molecule has 0 aromatic rings. The molecule has 0 aliphatic rings. The summed E-state index contributed by atoms with van der Waals surface area (Å²) < 4.78 is 5.79. The largest absolute Gasteiger partial charge is 0.396 e. The molecule has 0 rings (SSSR count). The molecule has 17 heavy (non-hydrogen) atoms. The second kappa shape index (κ2) is 8.06. The van der Waals surface area contributed by atoms with Crippen LogP contribution in [0.5, 0.6) is 0 Å². The fourth-order valence-corrected chi connectivity index (χ4v) is 1.93. The Balaban J connectivity index is 4.28. The first-order valence-corrected chi connectivity index (χ1v) is 6.87. The van der Waals surface area contributed by atoms with Gasteiger partial charge in [-0.3, -0.25) is 0 Å². The number of aliphatic hydroxyl groups is 2. The van der Waals surface area contributed by atoms with Crippen LogP contribution in [-0.2, 0) is 4.74 Å². The van der Waals surface area contributed by atoms with Gasteiger partial charge in [-0.1, -0.05) is 27.7 Å². The summed E-state index contributed by atoms with van der Waals surface area (Å²) in [7, 11) is 0. The molecular weight excluding hydrogens is 216 g/mol. The molecule has 104 valence electrons. The van der Waals surface area contributed by atoms with Crippen LogP contribution >= 0.6 is 0 Å². The van der Waals surface area contributed by atoms with Crippen molar-refractivity contribution < 1.29 is 14.9 Å². The summed E-state index contributed by atoms with van der Waals surface area (Å²) >= 11 is 0. The molecule has 0 spiro atoms. The highest BCUT2D eigenvalue weighted by Gasteiger charge is 2.29. The molecule has 0 aromatic carbocycles. The minimum absolute atomic E-state index is 0.108. The van der Waals surface area contributed by atoms with Crippen molar-refractivity contribution in [1.82, 2.24) is 0 Å². The Morgan fingerprint density at radius 2 is 1.00 bits per heavy atom. The van der Waals surface area contributed by atoms with Crippen LogP contribution < -0.4 is 0 Å². The van der Waals surface area contributed by atoms with Crippen LogP contribution in [0, 0.1) is 10.8 Å². The van der Waals surface area contributed by atoms with E-state index in [9.17, 15) is 10.2 Å². The minimum Gasteiger partial charge on any atom is -0.396 e. The molecular formula is C14H30O3. The second-order valence-corrected chi connectivity index (χ2v) is 5.22. The normalized spacial score (nSPS) is 13.1. The Bertz CT molecular complexity index is 147. The smallest absolute Gasteiger partial charge is 0.0544 e. The second-order valence-electron chi connectivity index (χ2n) is 5.22. The third-order valence-corrected chi connectivity index (χ3v) is 4.49. The Morgan fingerprint density at radius 1 is 0.706 bits per heavy atom. The molecule has 0 bridgehead atoms. The van der Waals surface area contributed by atoms with E-state index >= 15 is 0 Å². The molecule has 2 N–H and O–H groups in total.